The lowest BCUT2D eigenvalue weighted by Gasteiger charge is -2.29. The molecular weight excluding hydrogens is 298 g/mol. The first-order valence-corrected chi connectivity index (χ1v) is 8.61. The Labute approximate surface area is 135 Å². The van der Waals surface area contributed by atoms with Crippen molar-refractivity contribution in [3.63, 3.8) is 0 Å². The Hall–Kier alpha value is -1.33. The molecule has 1 aromatic rings. The number of fused-ring (bicyclic) bond motifs is 1. The maximum absolute atomic E-state index is 12.2. The summed E-state index contributed by atoms with van der Waals surface area (Å²) in [7, 11) is 0. The van der Waals surface area contributed by atoms with Gasteiger partial charge in [0.2, 0.25) is 0 Å². The lowest BCUT2D eigenvalue weighted by atomic mass is 10.1. The predicted molar refractivity (Wildman–Crippen MR) is 88.1 cm³/mol. The zero-order valence-corrected chi connectivity index (χ0v) is 14.3. The van der Waals surface area contributed by atoms with Crippen molar-refractivity contribution in [2.45, 2.75) is 45.8 Å². The summed E-state index contributed by atoms with van der Waals surface area (Å²) in [6, 6.07) is 2.22. The van der Waals surface area contributed by atoms with Gasteiger partial charge in [-0.1, -0.05) is 6.08 Å². The van der Waals surface area contributed by atoms with Crippen LogP contribution in [0.3, 0.4) is 0 Å². The molecule has 0 fully saturated rings. The normalized spacial score (nSPS) is 18.7. The van der Waals surface area contributed by atoms with Gasteiger partial charge in [-0.15, -0.1) is 11.3 Å². The van der Waals surface area contributed by atoms with Crippen molar-refractivity contribution in [3.05, 3.63) is 27.5 Å². The van der Waals surface area contributed by atoms with Gasteiger partial charge in [0.15, 0.2) is 0 Å². The third kappa shape index (κ3) is 3.52. The van der Waals surface area contributed by atoms with E-state index < -0.39 is 5.60 Å². The summed E-state index contributed by atoms with van der Waals surface area (Å²) in [6.07, 6.45) is 3.95. The highest BCUT2D eigenvalue weighted by molar-refractivity contribution is 7.13. The van der Waals surface area contributed by atoms with Crippen LogP contribution in [0.4, 0.5) is 4.79 Å². The lowest BCUT2D eigenvalue weighted by Crippen LogP contribution is -2.39. The Bertz CT molecular complexity index is 598. The minimum Gasteiger partial charge on any atom is -0.444 e. The molecule has 3 heterocycles. The molecule has 0 unspecified atom stereocenters. The summed E-state index contributed by atoms with van der Waals surface area (Å²) in [5, 5.41) is 0. The third-order valence-corrected chi connectivity index (χ3v) is 5.06. The Morgan fingerprint density at radius 1 is 1.41 bits per heavy atom. The van der Waals surface area contributed by atoms with Gasteiger partial charge in [-0.2, -0.15) is 0 Å². The summed E-state index contributed by atoms with van der Waals surface area (Å²) >= 11 is 1.84. The monoisotopic (exact) mass is 321 g/mol. The number of carbonyl (C=O) groups excluding carboxylic acids is 1. The Balaban J connectivity index is 1.72. The van der Waals surface area contributed by atoms with E-state index in [0.717, 1.165) is 26.0 Å². The molecule has 5 heteroatoms. The Kier molecular flexibility index (Phi) is 4.28. The van der Waals surface area contributed by atoms with Crippen LogP contribution in [0.1, 0.15) is 42.5 Å². The highest BCUT2D eigenvalue weighted by Gasteiger charge is 2.27. The second kappa shape index (κ2) is 6.05. The molecule has 0 aliphatic carbocycles. The van der Waals surface area contributed by atoms with Gasteiger partial charge in [0.05, 0.1) is 19.8 Å². The molecule has 1 aromatic heterocycles. The standard InChI is InChI=1S/C17H23NO3S/c1-17(2,3)21-16(19)18-7-6-14-13(10-18)9-15(22-14)12-5-4-8-20-11-12/h5,9H,4,6-8,10-11H2,1-3H3. The highest BCUT2D eigenvalue weighted by Crippen LogP contribution is 2.33. The van der Waals surface area contributed by atoms with Crippen molar-refractivity contribution < 1.29 is 14.3 Å². The number of hydrogen-bond donors (Lipinski definition) is 0. The predicted octanol–water partition coefficient (Wildman–Crippen LogP) is 3.85. The molecule has 0 atom stereocenters. The first-order valence-electron chi connectivity index (χ1n) is 7.79. The molecule has 0 spiro atoms. The molecular formula is C17H23NO3S. The highest BCUT2D eigenvalue weighted by atomic mass is 32.1. The Morgan fingerprint density at radius 3 is 2.91 bits per heavy atom. The summed E-state index contributed by atoms with van der Waals surface area (Å²) in [4.78, 5) is 16.7. The van der Waals surface area contributed by atoms with Crippen LogP contribution >= 0.6 is 11.3 Å². The van der Waals surface area contributed by atoms with E-state index in [1.54, 1.807) is 4.90 Å². The van der Waals surface area contributed by atoms with Crippen LogP contribution in [0.2, 0.25) is 0 Å². The van der Waals surface area contributed by atoms with Crippen LogP contribution in [-0.4, -0.2) is 36.4 Å². The maximum atomic E-state index is 12.2. The van der Waals surface area contributed by atoms with E-state index in [9.17, 15) is 4.79 Å². The SMILES string of the molecule is CC(C)(C)OC(=O)N1CCc2sc(C3=CCCOC3)cc2C1. The molecule has 4 nitrogen and oxygen atoms in total. The second-order valence-corrected chi connectivity index (χ2v) is 7.92. The van der Waals surface area contributed by atoms with E-state index in [2.05, 4.69) is 12.1 Å². The third-order valence-electron chi connectivity index (χ3n) is 3.75. The van der Waals surface area contributed by atoms with Crippen molar-refractivity contribution in [1.82, 2.24) is 4.90 Å². The second-order valence-electron chi connectivity index (χ2n) is 6.78. The maximum Gasteiger partial charge on any atom is 0.410 e. The molecule has 0 saturated carbocycles. The van der Waals surface area contributed by atoms with Gasteiger partial charge in [0.1, 0.15) is 5.60 Å². The van der Waals surface area contributed by atoms with Gasteiger partial charge in [0, 0.05) is 16.3 Å². The van der Waals surface area contributed by atoms with Gasteiger partial charge in [-0.05, 0) is 50.8 Å². The quantitative estimate of drug-likeness (QED) is 0.789. The number of nitrogens with zero attached hydrogens (tertiary/aromatic N) is 1. The average Bonchev–Trinajstić information content (AvgIpc) is 2.89. The van der Waals surface area contributed by atoms with Crippen molar-refractivity contribution >= 4 is 23.0 Å². The molecule has 0 bridgehead atoms. The molecule has 3 rings (SSSR count). The molecule has 2 aliphatic rings. The van der Waals surface area contributed by atoms with E-state index >= 15 is 0 Å². The summed E-state index contributed by atoms with van der Waals surface area (Å²) in [5.41, 5.74) is 2.10. The number of ether oxygens (including phenoxy) is 2. The fraction of sp³-hybridized carbons (Fsp3) is 0.588. The lowest BCUT2D eigenvalue weighted by molar-refractivity contribution is 0.0225. The van der Waals surface area contributed by atoms with Gasteiger partial charge in [-0.25, -0.2) is 4.79 Å². The van der Waals surface area contributed by atoms with Crippen molar-refractivity contribution in [3.8, 4) is 0 Å². The summed E-state index contributed by atoms with van der Waals surface area (Å²) in [5.74, 6) is 0. The number of amides is 1. The van der Waals surface area contributed by atoms with Crippen LogP contribution in [0.5, 0.6) is 0 Å². The van der Waals surface area contributed by atoms with E-state index in [1.165, 1.54) is 20.9 Å². The van der Waals surface area contributed by atoms with Gasteiger partial charge >= 0.3 is 6.09 Å². The molecule has 22 heavy (non-hydrogen) atoms. The van der Waals surface area contributed by atoms with Gasteiger partial charge in [-0.3, -0.25) is 0 Å². The van der Waals surface area contributed by atoms with Crippen molar-refractivity contribution in [2.75, 3.05) is 19.8 Å². The Morgan fingerprint density at radius 2 is 2.23 bits per heavy atom. The summed E-state index contributed by atoms with van der Waals surface area (Å²) < 4.78 is 11.0. The van der Waals surface area contributed by atoms with Gasteiger partial charge in [0.25, 0.3) is 0 Å². The molecule has 1 amide bonds. The number of rotatable bonds is 1. The van der Waals surface area contributed by atoms with Gasteiger partial charge < -0.3 is 14.4 Å². The average molecular weight is 321 g/mol. The van der Waals surface area contributed by atoms with E-state index in [0.29, 0.717) is 13.2 Å². The number of carbonyl (C=O) groups is 1. The number of hydrogen-bond acceptors (Lipinski definition) is 4. The van der Waals surface area contributed by atoms with E-state index in [1.807, 2.05) is 32.1 Å². The minimum absolute atomic E-state index is 0.217. The first-order chi connectivity index (χ1) is 10.4. The molecule has 0 aromatic carbocycles. The topological polar surface area (TPSA) is 38.8 Å². The van der Waals surface area contributed by atoms with Crippen LogP contribution in [0, 0.1) is 0 Å². The van der Waals surface area contributed by atoms with Crippen molar-refractivity contribution in [2.24, 2.45) is 0 Å². The van der Waals surface area contributed by atoms with Crippen LogP contribution in [0.25, 0.3) is 5.57 Å². The largest absolute Gasteiger partial charge is 0.444 e. The first kappa shape index (κ1) is 15.6. The molecule has 0 saturated heterocycles. The fourth-order valence-electron chi connectivity index (χ4n) is 2.70. The van der Waals surface area contributed by atoms with Crippen LogP contribution in [-0.2, 0) is 22.4 Å². The summed E-state index contributed by atoms with van der Waals surface area (Å²) in [6.45, 7) is 8.61. The van der Waals surface area contributed by atoms with Crippen molar-refractivity contribution in [1.29, 1.82) is 0 Å². The molecule has 120 valence electrons. The smallest absolute Gasteiger partial charge is 0.410 e. The molecule has 0 N–H and O–H groups in total. The zero-order valence-electron chi connectivity index (χ0n) is 13.5. The van der Waals surface area contributed by atoms with E-state index in [4.69, 9.17) is 9.47 Å². The molecule has 0 radical (unpaired) electrons. The van der Waals surface area contributed by atoms with Crippen LogP contribution in [0.15, 0.2) is 12.1 Å². The van der Waals surface area contributed by atoms with E-state index in [-0.39, 0.29) is 6.09 Å². The number of thiophene rings is 1. The van der Waals surface area contributed by atoms with Crippen LogP contribution < -0.4 is 0 Å². The fourth-order valence-corrected chi connectivity index (χ4v) is 3.89. The minimum atomic E-state index is -0.443. The zero-order chi connectivity index (χ0) is 15.7. The molecule has 2 aliphatic heterocycles.